The van der Waals surface area contributed by atoms with Crippen molar-refractivity contribution in [1.29, 1.82) is 0 Å². The summed E-state index contributed by atoms with van der Waals surface area (Å²) in [7, 11) is 0. The van der Waals surface area contributed by atoms with E-state index >= 15 is 0 Å². The van der Waals surface area contributed by atoms with E-state index in [1.165, 1.54) is 10.4 Å². The van der Waals surface area contributed by atoms with Crippen molar-refractivity contribution in [3.05, 3.63) is 34.3 Å². The van der Waals surface area contributed by atoms with Crippen LogP contribution >= 0.6 is 11.3 Å². The SMILES string of the molecule is Cc1nc(N)sc1Cc1ccc2c(c1)OCCO2. The molecule has 1 aliphatic rings. The highest BCUT2D eigenvalue weighted by atomic mass is 32.1. The highest BCUT2D eigenvalue weighted by Crippen LogP contribution is 2.32. The minimum atomic E-state index is 0.614. The minimum absolute atomic E-state index is 0.614. The van der Waals surface area contributed by atoms with Crippen molar-refractivity contribution >= 4 is 16.5 Å². The summed E-state index contributed by atoms with van der Waals surface area (Å²) >= 11 is 1.54. The van der Waals surface area contributed by atoms with Crippen LogP contribution in [0.4, 0.5) is 5.13 Å². The highest BCUT2D eigenvalue weighted by Gasteiger charge is 2.13. The number of nitrogens with zero attached hydrogens (tertiary/aromatic N) is 1. The number of aromatic nitrogens is 1. The van der Waals surface area contributed by atoms with Crippen LogP contribution in [0, 0.1) is 6.92 Å². The van der Waals surface area contributed by atoms with Gasteiger partial charge in [0.2, 0.25) is 0 Å². The molecule has 1 aromatic heterocycles. The van der Waals surface area contributed by atoms with Gasteiger partial charge in [-0.15, -0.1) is 11.3 Å². The van der Waals surface area contributed by atoms with Gasteiger partial charge in [0.15, 0.2) is 16.6 Å². The molecule has 0 atom stereocenters. The number of anilines is 1. The van der Waals surface area contributed by atoms with Crippen LogP contribution < -0.4 is 15.2 Å². The monoisotopic (exact) mass is 262 g/mol. The predicted molar refractivity (Wildman–Crippen MR) is 71.5 cm³/mol. The second-order valence-electron chi connectivity index (χ2n) is 4.22. The Labute approximate surface area is 109 Å². The molecule has 0 saturated carbocycles. The van der Waals surface area contributed by atoms with Gasteiger partial charge in [-0.3, -0.25) is 0 Å². The zero-order chi connectivity index (χ0) is 12.5. The standard InChI is InChI=1S/C13H14N2O2S/c1-8-12(18-13(14)15-8)7-9-2-3-10-11(6-9)17-5-4-16-10/h2-3,6H,4-5,7H2,1H3,(H2,14,15). The summed E-state index contributed by atoms with van der Waals surface area (Å²) in [4.78, 5) is 5.43. The van der Waals surface area contributed by atoms with Crippen LogP contribution in [0.25, 0.3) is 0 Å². The summed E-state index contributed by atoms with van der Waals surface area (Å²) in [5.74, 6) is 1.65. The Morgan fingerprint density at radius 2 is 2.06 bits per heavy atom. The van der Waals surface area contributed by atoms with Gasteiger partial charge in [0.25, 0.3) is 0 Å². The normalized spacial score (nSPS) is 13.6. The molecular weight excluding hydrogens is 248 g/mol. The number of nitrogens with two attached hydrogens (primary N) is 1. The second-order valence-corrected chi connectivity index (χ2v) is 5.33. The lowest BCUT2D eigenvalue weighted by atomic mass is 10.1. The first-order chi connectivity index (χ1) is 8.72. The van der Waals surface area contributed by atoms with E-state index in [-0.39, 0.29) is 0 Å². The smallest absolute Gasteiger partial charge is 0.180 e. The first kappa shape index (κ1) is 11.3. The number of fused-ring (bicyclic) bond motifs is 1. The third-order valence-corrected chi connectivity index (χ3v) is 3.87. The van der Waals surface area contributed by atoms with Gasteiger partial charge in [0, 0.05) is 11.3 Å². The Bertz CT molecular complexity index is 580. The van der Waals surface area contributed by atoms with E-state index in [1.807, 2.05) is 19.1 Å². The molecule has 94 valence electrons. The molecule has 3 rings (SSSR count). The summed E-state index contributed by atoms with van der Waals surface area (Å²) < 4.78 is 11.1. The van der Waals surface area contributed by atoms with Gasteiger partial charge < -0.3 is 15.2 Å². The molecule has 18 heavy (non-hydrogen) atoms. The fraction of sp³-hybridized carbons (Fsp3) is 0.308. The molecule has 2 aromatic rings. The number of nitrogen functional groups attached to an aromatic ring is 1. The first-order valence-corrected chi connectivity index (χ1v) is 6.64. The number of rotatable bonds is 2. The molecule has 1 aromatic carbocycles. The van der Waals surface area contributed by atoms with E-state index < -0.39 is 0 Å². The third kappa shape index (κ3) is 2.13. The molecular formula is C13H14N2O2S. The predicted octanol–water partition coefficient (Wildman–Crippen LogP) is 2.40. The van der Waals surface area contributed by atoms with Gasteiger partial charge in [-0.2, -0.15) is 0 Å². The molecule has 4 nitrogen and oxygen atoms in total. The van der Waals surface area contributed by atoms with Crippen LogP contribution in [-0.2, 0) is 6.42 Å². The van der Waals surface area contributed by atoms with Crippen molar-refractivity contribution in [3.8, 4) is 11.5 Å². The van der Waals surface area contributed by atoms with Crippen molar-refractivity contribution in [2.75, 3.05) is 18.9 Å². The van der Waals surface area contributed by atoms with Gasteiger partial charge in [-0.05, 0) is 24.6 Å². The Balaban J connectivity index is 1.87. The summed E-state index contributed by atoms with van der Waals surface area (Å²) in [5.41, 5.74) is 7.90. The highest BCUT2D eigenvalue weighted by molar-refractivity contribution is 7.15. The van der Waals surface area contributed by atoms with E-state index in [4.69, 9.17) is 15.2 Å². The number of aryl methyl sites for hydroxylation is 1. The van der Waals surface area contributed by atoms with Crippen LogP contribution in [0.1, 0.15) is 16.1 Å². The van der Waals surface area contributed by atoms with Crippen LogP contribution in [-0.4, -0.2) is 18.2 Å². The second kappa shape index (κ2) is 4.49. The van der Waals surface area contributed by atoms with Crippen LogP contribution in [0.2, 0.25) is 0 Å². The lowest BCUT2D eigenvalue weighted by Crippen LogP contribution is -2.15. The minimum Gasteiger partial charge on any atom is -0.486 e. The maximum atomic E-state index is 5.71. The third-order valence-electron chi connectivity index (χ3n) is 2.88. The average molecular weight is 262 g/mol. The van der Waals surface area contributed by atoms with Crippen molar-refractivity contribution < 1.29 is 9.47 Å². The number of ether oxygens (including phenoxy) is 2. The molecule has 0 unspecified atom stereocenters. The molecule has 1 aliphatic heterocycles. The molecule has 0 spiro atoms. The molecule has 2 heterocycles. The van der Waals surface area contributed by atoms with Crippen molar-refractivity contribution in [3.63, 3.8) is 0 Å². The summed E-state index contributed by atoms with van der Waals surface area (Å²) in [5, 5.41) is 0.625. The van der Waals surface area contributed by atoms with Crippen molar-refractivity contribution in [2.24, 2.45) is 0 Å². The largest absolute Gasteiger partial charge is 0.486 e. The molecule has 0 aliphatic carbocycles. The number of benzene rings is 1. The van der Waals surface area contributed by atoms with Crippen LogP contribution in [0.3, 0.4) is 0 Å². The molecule has 2 N–H and O–H groups in total. The van der Waals surface area contributed by atoms with Gasteiger partial charge in [-0.25, -0.2) is 4.98 Å². The molecule has 0 amide bonds. The van der Waals surface area contributed by atoms with Crippen molar-refractivity contribution in [1.82, 2.24) is 4.98 Å². The van der Waals surface area contributed by atoms with E-state index in [1.54, 1.807) is 11.3 Å². The lowest BCUT2D eigenvalue weighted by Gasteiger charge is -2.18. The van der Waals surface area contributed by atoms with E-state index in [0.717, 1.165) is 23.6 Å². The van der Waals surface area contributed by atoms with E-state index in [0.29, 0.717) is 18.3 Å². The fourth-order valence-electron chi connectivity index (χ4n) is 2.00. The Morgan fingerprint density at radius 1 is 1.28 bits per heavy atom. The van der Waals surface area contributed by atoms with E-state index in [9.17, 15) is 0 Å². The molecule has 0 fully saturated rings. The maximum absolute atomic E-state index is 5.71. The van der Waals surface area contributed by atoms with Gasteiger partial charge >= 0.3 is 0 Å². The number of hydrogen-bond acceptors (Lipinski definition) is 5. The molecule has 0 radical (unpaired) electrons. The summed E-state index contributed by atoms with van der Waals surface area (Å²) in [6, 6.07) is 6.05. The number of hydrogen-bond donors (Lipinski definition) is 1. The fourth-order valence-corrected chi connectivity index (χ4v) is 2.86. The first-order valence-electron chi connectivity index (χ1n) is 5.82. The Hall–Kier alpha value is -1.75. The van der Waals surface area contributed by atoms with Crippen LogP contribution in [0.15, 0.2) is 18.2 Å². The van der Waals surface area contributed by atoms with Gasteiger partial charge in [0.1, 0.15) is 13.2 Å². The Morgan fingerprint density at radius 3 is 2.78 bits per heavy atom. The van der Waals surface area contributed by atoms with Gasteiger partial charge in [-0.1, -0.05) is 6.07 Å². The molecule has 0 bridgehead atoms. The zero-order valence-electron chi connectivity index (χ0n) is 10.1. The molecule has 5 heteroatoms. The summed E-state index contributed by atoms with van der Waals surface area (Å²) in [6.45, 7) is 3.22. The zero-order valence-corrected chi connectivity index (χ0v) is 10.9. The van der Waals surface area contributed by atoms with Crippen LogP contribution in [0.5, 0.6) is 11.5 Å². The van der Waals surface area contributed by atoms with E-state index in [2.05, 4.69) is 11.1 Å². The number of thiazole rings is 1. The quantitative estimate of drug-likeness (QED) is 0.903. The average Bonchev–Trinajstić information content (AvgIpc) is 2.68. The Kier molecular flexibility index (Phi) is 2.83. The molecule has 0 saturated heterocycles. The lowest BCUT2D eigenvalue weighted by molar-refractivity contribution is 0.171. The summed E-state index contributed by atoms with van der Waals surface area (Å²) in [6.07, 6.45) is 0.831. The van der Waals surface area contributed by atoms with Crippen molar-refractivity contribution in [2.45, 2.75) is 13.3 Å². The maximum Gasteiger partial charge on any atom is 0.180 e. The topological polar surface area (TPSA) is 57.4 Å². The van der Waals surface area contributed by atoms with Gasteiger partial charge in [0.05, 0.1) is 5.69 Å².